The highest BCUT2D eigenvalue weighted by molar-refractivity contribution is 7.14. The highest BCUT2D eigenvalue weighted by Gasteiger charge is 2.21. The van der Waals surface area contributed by atoms with E-state index >= 15 is 0 Å². The molecule has 0 fully saturated rings. The third kappa shape index (κ3) is 3.76. The Morgan fingerprint density at radius 2 is 2.00 bits per heavy atom. The van der Waals surface area contributed by atoms with E-state index < -0.39 is 0 Å². The summed E-state index contributed by atoms with van der Waals surface area (Å²) in [5.41, 5.74) is -0.0264. The van der Waals surface area contributed by atoms with Crippen LogP contribution in [0.15, 0.2) is 12.1 Å². The van der Waals surface area contributed by atoms with Crippen molar-refractivity contribution in [3.63, 3.8) is 0 Å². The fourth-order valence-corrected chi connectivity index (χ4v) is 2.39. The summed E-state index contributed by atoms with van der Waals surface area (Å²) in [6, 6.07) is 3.77. The van der Waals surface area contributed by atoms with E-state index in [0.717, 1.165) is 4.88 Å². The Kier molecular flexibility index (Phi) is 3.68. The number of hydrogen-bond donors (Lipinski definition) is 1. The Morgan fingerprint density at radius 1 is 1.40 bits per heavy atom. The number of ketones is 1. The lowest BCUT2D eigenvalue weighted by atomic mass is 10.1. The maximum atomic E-state index is 12.0. The maximum Gasteiger partial charge on any atom is 0.189 e. The van der Waals surface area contributed by atoms with Crippen molar-refractivity contribution in [3.05, 3.63) is 21.9 Å². The Balaban J connectivity index is 2.69. The second-order valence-electron chi connectivity index (χ2n) is 4.89. The van der Waals surface area contributed by atoms with Crippen LogP contribution in [0.3, 0.4) is 0 Å². The van der Waals surface area contributed by atoms with Gasteiger partial charge < -0.3 is 5.32 Å². The summed E-state index contributed by atoms with van der Waals surface area (Å²) in [6.07, 6.45) is 0. The number of carbonyl (C=O) groups excluding carboxylic acids is 1. The molecule has 0 saturated carbocycles. The summed E-state index contributed by atoms with van der Waals surface area (Å²) >= 11 is 1.56. The van der Waals surface area contributed by atoms with Gasteiger partial charge in [0.1, 0.15) is 0 Å². The van der Waals surface area contributed by atoms with Crippen LogP contribution in [0.4, 0.5) is 0 Å². The van der Waals surface area contributed by atoms with Crippen LogP contribution >= 0.6 is 11.3 Å². The van der Waals surface area contributed by atoms with Gasteiger partial charge in [0.2, 0.25) is 0 Å². The molecule has 2 nitrogen and oxygen atoms in total. The van der Waals surface area contributed by atoms with Gasteiger partial charge in [0.25, 0.3) is 0 Å². The first kappa shape index (κ1) is 12.4. The lowest BCUT2D eigenvalue weighted by Crippen LogP contribution is -2.45. The molecule has 1 aromatic rings. The third-order valence-electron chi connectivity index (χ3n) is 2.03. The molecule has 1 rings (SSSR count). The molecule has 0 saturated heterocycles. The molecular weight excluding hydrogens is 206 g/mol. The van der Waals surface area contributed by atoms with Gasteiger partial charge in [0.15, 0.2) is 5.78 Å². The summed E-state index contributed by atoms with van der Waals surface area (Å²) in [5, 5.41) is 3.28. The minimum Gasteiger partial charge on any atom is -0.303 e. The van der Waals surface area contributed by atoms with E-state index in [2.05, 4.69) is 26.1 Å². The van der Waals surface area contributed by atoms with Crippen molar-refractivity contribution in [2.75, 3.05) is 0 Å². The first-order valence-corrected chi connectivity index (χ1v) is 5.99. The van der Waals surface area contributed by atoms with Crippen molar-refractivity contribution in [2.45, 2.75) is 46.2 Å². The molecule has 0 aliphatic carbocycles. The van der Waals surface area contributed by atoms with Gasteiger partial charge in [0.05, 0.1) is 10.9 Å². The fraction of sp³-hybridized carbons (Fsp3) is 0.583. The predicted molar refractivity (Wildman–Crippen MR) is 65.7 cm³/mol. The van der Waals surface area contributed by atoms with Crippen LogP contribution in [-0.4, -0.2) is 17.4 Å². The Morgan fingerprint density at radius 3 is 2.40 bits per heavy atom. The van der Waals surface area contributed by atoms with E-state index in [4.69, 9.17) is 0 Å². The number of carbonyl (C=O) groups is 1. The van der Waals surface area contributed by atoms with Crippen LogP contribution < -0.4 is 5.32 Å². The van der Waals surface area contributed by atoms with E-state index in [1.807, 2.05) is 26.0 Å². The molecule has 1 aromatic heterocycles. The van der Waals surface area contributed by atoms with E-state index in [-0.39, 0.29) is 17.4 Å². The summed E-state index contributed by atoms with van der Waals surface area (Å²) in [5.74, 6) is 0.183. The highest BCUT2D eigenvalue weighted by Crippen LogP contribution is 2.17. The largest absolute Gasteiger partial charge is 0.303 e. The molecule has 0 amide bonds. The first-order valence-electron chi connectivity index (χ1n) is 5.18. The van der Waals surface area contributed by atoms with E-state index in [9.17, 15) is 4.79 Å². The van der Waals surface area contributed by atoms with Gasteiger partial charge in [-0.3, -0.25) is 4.79 Å². The molecule has 15 heavy (non-hydrogen) atoms. The standard InChI is InChI=1S/C12H19NOS/c1-8-6-7-10(15-8)11(14)9(2)13-12(3,4)5/h6-7,9,13H,1-5H3. The zero-order valence-electron chi connectivity index (χ0n) is 10.0. The average Bonchev–Trinajstić information content (AvgIpc) is 2.47. The first-order chi connectivity index (χ1) is 6.79. The minimum atomic E-state index is -0.122. The molecule has 0 spiro atoms. The molecule has 0 aliphatic heterocycles. The van der Waals surface area contributed by atoms with Crippen LogP contribution in [0.25, 0.3) is 0 Å². The molecule has 0 aromatic carbocycles. The zero-order valence-corrected chi connectivity index (χ0v) is 10.9. The molecule has 1 heterocycles. The van der Waals surface area contributed by atoms with Crippen molar-refractivity contribution in [2.24, 2.45) is 0 Å². The topological polar surface area (TPSA) is 29.1 Å². The van der Waals surface area contributed by atoms with Gasteiger partial charge in [-0.15, -0.1) is 11.3 Å². The van der Waals surface area contributed by atoms with Crippen molar-refractivity contribution in [1.29, 1.82) is 0 Å². The Labute approximate surface area is 95.7 Å². The highest BCUT2D eigenvalue weighted by atomic mass is 32.1. The molecule has 0 radical (unpaired) electrons. The molecule has 1 N–H and O–H groups in total. The van der Waals surface area contributed by atoms with Crippen LogP contribution in [0.1, 0.15) is 42.2 Å². The molecule has 1 unspecified atom stereocenters. The van der Waals surface area contributed by atoms with Gasteiger partial charge in [-0.2, -0.15) is 0 Å². The predicted octanol–water partition coefficient (Wildman–Crippen LogP) is 3.02. The van der Waals surface area contributed by atoms with Crippen molar-refractivity contribution in [1.82, 2.24) is 5.32 Å². The summed E-state index contributed by atoms with van der Waals surface area (Å²) in [4.78, 5) is 14.0. The number of rotatable bonds is 3. The van der Waals surface area contributed by atoms with Crippen molar-refractivity contribution >= 4 is 17.1 Å². The van der Waals surface area contributed by atoms with Gasteiger partial charge in [-0.1, -0.05) is 0 Å². The van der Waals surface area contributed by atoms with E-state index in [1.165, 1.54) is 4.88 Å². The molecule has 3 heteroatoms. The van der Waals surface area contributed by atoms with Gasteiger partial charge in [0, 0.05) is 10.4 Å². The van der Waals surface area contributed by atoms with Crippen LogP contribution in [0.2, 0.25) is 0 Å². The lowest BCUT2D eigenvalue weighted by Gasteiger charge is -2.24. The van der Waals surface area contributed by atoms with E-state index in [1.54, 1.807) is 11.3 Å². The second kappa shape index (κ2) is 4.45. The van der Waals surface area contributed by atoms with Gasteiger partial charge >= 0.3 is 0 Å². The number of hydrogen-bond acceptors (Lipinski definition) is 3. The third-order valence-corrected chi connectivity index (χ3v) is 3.04. The number of thiophene rings is 1. The number of nitrogens with one attached hydrogen (secondary N) is 1. The smallest absolute Gasteiger partial charge is 0.189 e. The van der Waals surface area contributed by atoms with Crippen molar-refractivity contribution in [3.8, 4) is 0 Å². The Bertz CT molecular complexity index is 349. The quantitative estimate of drug-likeness (QED) is 0.801. The summed E-state index contributed by atoms with van der Waals surface area (Å²) < 4.78 is 0. The average molecular weight is 225 g/mol. The normalized spacial score (nSPS) is 13.9. The zero-order chi connectivity index (χ0) is 11.6. The summed E-state index contributed by atoms with van der Waals surface area (Å²) in [7, 11) is 0. The number of aryl methyl sites for hydroxylation is 1. The second-order valence-corrected chi connectivity index (χ2v) is 6.18. The number of Topliss-reactive ketones (excluding diaryl/α,β-unsaturated/α-hetero) is 1. The van der Waals surface area contributed by atoms with Crippen molar-refractivity contribution < 1.29 is 4.79 Å². The van der Waals surface area contributed by atoms with E-state index in [0.29, 0.717) is 0 Å². The Hall–Kier alpha value is -0.670. The fourth-order valence-electron chi connectivity index (χ4n) is 1.50. The molecule has 1 atom stereocenters. The minimum absolute atomic E-state index is 0.0264. The molecule has 0 bridgehead atoms. The van der Waals surface area contributed by atoms with Gasteiger partial charge in [-0.05, 0) is 46.8 Å². The lowest BCUT2D eigenvalue weighted by molar-refractivity contribution is 0.0940. The van der Waals surface area contributed by atoms with Crippen LogP contribution in [0.5, 0.6) is 0 Å². The van der Waals surface area contributed by atoms with Crippen LogP contribution in [-0.2, 0) is 0 Å². The SMILES string of the molecule is Cc1ccc(C(=O)C(C)NC(C)(C)C)s1. The molecule has 0 aliphatic rings. The maximum absolute atomic E-state index is 12.0. The summed E-state index contributed by atoms with van der Waals surface area (Å²) in [6.45, 7) is 10.1. The molecule has 84 valence electrons. The van der Waals surface area contributed by atoms with Crippen LogP contribution in [0, 0.1) is 6.92 Å². The molecular formula is C12H19NOS. The van der Waals surface area contributed by atoms with Gasteiger partial charge in [-0.25, -0.2) is 0 Å². The monoisotopic (exact) mass is 225 g/mol.